The number of rotatable bonds is 5. The molecule has 1 aliphatic heterocycles. The molecule has 2 atom stereocenters. The first kappa shape index (κ1) is 17.9. The van der Waals surface area contributed by atoms with Crippen molar-refractivity contribution < 1.29 is 9.18 Å². The average molecular weight is 315 g/mol. The van der Waals surface area contributed by atoms with E-state index in [4.69, 9.17) is 0 Å². The second-order valence-corrected chi connectivity index (χ2v) is 5.66. The molecular formula is C16H24ClFN2O. The molecule has 2 unspecified atom stereocenters. The minimum absolute atomic E-state index is 0. The molecule has 1 fully saturated rings. The van der Waals surface area contributed by atoms with Crippen molar-refractivity contribution in [3.63, 3.8) is 0 Å². The Hall–Kier alpha value is -1.13. The summed E-state index contributed by atoms with van der Waals surface area (Å²) in [7, 11) is 0. The summed E-state index contributed by atoms with van der Waals surface area (Å²) in [4.78, 5) is 11.9. The van der Waals surface area contributed by atoms with Crippen LogP contribution in [0.5, 0.6) is 0 Å². The molecule has 1 amide bonds. The molecule has 0 saturated carbocycles. The van der Waals surface area contributed by atoms with Gasteiger partial charge in [-0.05, 0) is 43.8 Å². The molecule has 1 aliphatic rings. The molecule has 118 valence electrons. The Morgan fingerprint density at radius 3 is 2.90 bits per heavy atom. The van der Waals surface area contributed by atoms with E-state index in [1.165, 1.54) is 18.9 Å². The van der Waals surface area contributed by atoms with Crippen LogP contribution in [0.15, 0.2) is 24.3 Å². The number of halogens is 2. The van der Waals surface area contributed by atoms with E-state index in [-0.39, 0.29) is 30.7 Å². The van der Waals surface area contributed by atoms with Crippen molar-refractivity contribution in [2.75, 3.05) is 13.1 Å². The molecule has 3 nitrogen and oxygen atoms in total. The molecule has 0 spiro atoms. The molecule has 5 heteroatoms. The third-order valence-corrected chi connectivity index (χ3v) is 4.08. The van der Waals surface area contributed by atoms with E-state index < -0.39 is 0 Å². The minimum atomic E-state index is -0.266. The first-order chi connectivity index (χ1) is 9.66. The lowest BCUT2D eigenvalue weighted by Crippen LogP contribution is -2.35. The fourth-order valence-electron chi connectivity index (χ4n) is 2.73. The van der Waals surface area contributed by atoms with Gasteiger partial charge in [0.05, 0.1) is 0 Å². The number of amides is 1. The Labute approximate surface area is 132 Å². The Morgan fingerprint density at radius 2 is 2.24 bits per heavy atom. The third-order valence-electron chi connectivity index (χ3n) is 4.08. The zero-order valence-electron chi connectivity index (χ0n) is 12.4. The number of piperidine rings is 1. The van der Waals surface area contributed by atoms with Crippen molar-refractivity contribution in [2.24, 2.45) is 11.8 Å². The van der Waals surface area contributed by atoms with Gasteiger partial charge < -0.3 is 10.6 Å². The summed E-state index contributed by atoms with van der Waals surface area (Å²) < 4.78 is 13.4. The number of benzene rings is 1. The second kappa shape index (κ2) is 9.00. The molecule has 0 radical (unpaired) electrons. The summed E-state index contributed by atoms with van der Waals surface area (Å²) in [6.45, 7) is 4.48. The molecule has 21 heavy (non-hydrogen) atoms. The van der Waals surface area contributed by atoms with Crippen LogP contribution in [0.25, 0.3) is 0 Å². The van der Waals surface area contributed by atoms with Crippen LogP contribution in [0.3, 0.4) is 0 Å². The van der Waals surface area contributed by atoms with Gasteiger partial charge in [0, 0.05) is 18.5 Å². The predicted molar refractivity (Wildman–Crippen MR) is 84.9 cm³/mol. The number of nitrogens with one attached hydrogen (secondary N) is 2. The Bertz CT molecular complexity index is 450. The summed E-state index contributed by atoms with van der Waals surface area (Å²) >= 11 is 0. The van der Waals surface area contributed by atoms with Gasteiger partial charge in [0.2, 0.25) is 5.91 Å². The van der Waals surface area contributed by atoms with E-state index >= 15 is 0 Å². The van der Waals surface area contributed by atoms with E-state index in [1.54, 1.807) is 18.2 Å². The average Bonchev–Trinajstić information content (AvgIpc) is 2.47. The highest BCUT2D eigenvalue weighted by atomic mass is 35.5. The van der Waals surface area contributed by atoms with Crippen LogP contribution < -0.4 is 10.6 Å². The predicted octanol–water partition coefficient (Wildman–Crippen LogP) is 2.89. The summed E-state index contributed by atoms with van der Waals surface area (Å²) in [6.07, 6.45) is 2.89. The van der Waals surface area contributed by atoms with Crippen molar-refractivity contribution in [1.82, 2.24) is 10.6 Å². The lowest BCUT2D eigenvalue weighted by atomic mass is 9.85. The summed E-state index contributed by atoms with van der Waals surface area (Å²) in [6, 6.07) is 6.54. The normalized spacial score (nSPS) is 19.4. The van der Waals surface area contributed by atoms with E-state index in [2.05, 4.69) is 17.6 Å². The van der Waals surface area contributed by atoms with Crippen molar-refractivity contribution >= 4 is 18.3 Å². The van der Waals surface area contributed by atoms with Gasteiger partial charge in [-0.15, -0.1) is 12.4 Å². The van der Waals surface area contributed by atoms with Gasteiger partial charge in [0.25, 0.3) is 0 Å². The minimum Gasteiger partial charge on any atom is -0.352 e. The number of carbonyl (C=O) groups excluding carboxylic acids is 1. The fourth-order valence-corrected chi connectivity index (χ4v) is 2.73. The number of hydrogen-bond acceptors (Lipinski definition) is 2. The molecule has 0 bridgehead atoms. The number of hydrogen-bond donors (Lipinski definition) is 2. The molecule has 0 aromatic heterocycles. The van der Waals surface area contributed by atoms with Gasteiger partial charge in [0.1, 0.15) is 5.82 Å². The van der Waals surface area contributed by atoms with Crippen molar-refractivity contribution in [3.05, 3.63) is 35.6 Å². The van der Waals surface area contributed by atoms with Crippen molar-refractivity contribution in [2.45, 2.75) is 32.7 Å². The van der Waals surface area contributed by atoms with Gasteiger partial charge in [-0.1, -0.05) is 25.1 Å². The van der Waals surface area contributed by atoms with E-state index in [1.807, 2.05) is 0 Å². The van der Waals surface area contributed by atoms with Crippen LogP contribution >= 0.6 is 12.4 Å². The summed E-state index contributed by atoms with van der Waals surface area (Å²) in [5.74, 6) is 0.676. The largest absolute Gasteiger partial charge is 0.352 e. The molecule has 0 aliphatic carbocycles. The van der Waals surface area contributed by atoms with Crippen LogP contribution in [0.1, 0.15) is 31.7 Å². The first-order valence-corrected chi connectivity index (χ1v) is 7.37. The Kier molecular flexibility index (Phi) is 7.68. The Morgan fingerprint density at radius 1 is 1.48 bits per heavy atom. The van der Waals surface area contributed by atoms with E-state index in [9.17, 15) is 9.18 Å². The molecule has 1 saturated heterocycles. The van der Waals surface area contributed by atoms with Gasteiger partial charge in [-0.25, -0.2) is 4.39 Å². The SMILES string of the molecule is CC(CC(=O)NCc1ccccc1F)C1CCCNC1.Cl. The van der Waals surface area contributed by atoms with Gasteiger partial charge in [-0.2, -0.15) is 0 Å². The standard InChI is InChI=1S/C16H23FN2O.ClH/c1-12(13-6-4-8-18-10-13)9-16(20)19-11-14-5-2-3-7-15(14)17;/h2-3,5,7,12-13,18H,4,6,8-11H2,1H3,(H,19,20);1H. The van der Waals surface area contributed by atoms with Crippen molar-refractivity contribution in [1.29, 1.82) is 0 Å². The zero-order chi connectivity index (χ0) is 14.4. The van der Waals surface area contributed by atoms with Crippen LogP contribution in [-0.4, -0.2) is 19.0 Å². The van der Waals surface area contributed by atoms with E-state index in [0.717, 1.165) is 13.1 Å². The second-order valence-electron chi connectivity index (χ2n) is 5.66. The molecule has 2 rings (SSSR count). The van der Waals surface area contributed by atoms with Gasteiger partial charge in [0.15, 0.2) is 0 Å². The first-order valence-electron chi connectivity index (χ1n) is 7.37. The van der Waals surface area contributed by atoms with E-state index in [0.29, 0.717) is 23.8 Å². The Balaban J connectivity index is 0.00000220. The van der Waals surface area contributed by atoms with Crippen LogP contribution in [-0.2, 0) is 11.3 Å². The highest BCUT2D eigenvalue weighted by Gasteiger charge is 2.21. The van der Waals surface area contributed by atoms with Gasteiger partial charge >= 0.3 is 0 Å². The molecule has 2 N–H and O–H groups in total. The van der Waals surface area contributed by atoms with Crippen LogP contribution in [0.2, 0.25) is 0 Å². The fraction of sp³-hybridized carbons (Fsp3) is 0.562. The lowest BCUT2D eigenvalue weighted by Gasteiger charge is -2.28. The lowest BCUT2D eigenvalue weighted by molar-refractivity contribution is -0.122. The van der Waals surface area contributed by atoms with Crippen molar-refractivity contribution in [3.8, 4) is 0 Å². The molecule has 1 aromatic rings. The maximum absolute atomic E-state index is 13.4. The maximum Gasteiger partial charge on any atom is 0.220 e. The summed E-state index contributed by atoms with van der Waals surface area (Å²) in [5, 5.41) is 6.18. The monoisotopic (exact) mass is 314 g/mol. The molecule has 1 heterocycles. The van der Waals surface area contributed by atoms with Crippen LogP contribution in [0, 0.1) is 17.7 Å². The molecular weight excluding hydrogens is 291 g/mol. The zero-order valence-corrected chi connectivity index (χ0v) is 13.2. The number of carbonyl (C=O) groups is 1. The highest BCUT2D eigenvalue weighted by Crippen LogP contribution is 2.22. The molecule has 1 aromatic carbocycles. The van der Waals surface area contributed by atoms with Gasteiger partial charge in [-0.3, -0.25) is 4.79 Å². The maximum atomic E-state index is 13.4. The quantitative estimate of drug-likeness (QED) is 0.877. The third kappa shape index (κ3) is 5.64. The topological polar surface area (TPSA) is 41.1 Å². The summed E-state index contributed by atoms with van der Waals surface area (Å²) in [5.41, 5.74) is 0.535. The smallest absolute Gasteiger partial charge is 0.220 e. The van der Waals surface area contributed by atoms with Crippen LogP contribution in [0.4, 0.5) is 4.39 Å². The highest BCUT2D eigenvalue weighted by molar-refractivity contribution is 5.85.